The lowest BCUT2D eigenvalue weighted by Crippen LogP contribution is -2.05. The number of fused-ring (bicyclic) bond motifs is 1. The van der Waals surface area contributed by atoms with Gasteiger partial charge in [0.1, 0.15) is 5.65 Å². The fraction of sp³-hybridized carbons (Fsp3) is 0.111. The molecule has 2 aromatic rings. The van der Waals surface area contributed by atoms with E-state index in [0.717, 1.165) is 10.9 Å². The quantitative estimate of drug-likeness (QED) is 0.627. The summed E-state index contributed by atoms with van der Waals surface area (Å²) in [6, 6.07) is 3.26. The van der Waals surface area contributed by atoms with Crippen molar-refractivity contribution in [2.75, 3.05) is 0 Å². The van der Waals surface area contributed by atoms with Gasteiger partial charge in [0.15, 0.2) is 5.75 Å². The molecule has 4 heteroatoms. The van der Waals surface area contributed by atoms with E-state index in [1.807, 2.05) is 13.0 Å². The Hall–Kier alpha value is -1.84. The molecule has 0 saturated carbocycles. The van der Waals surface area contributed by atoms with Crippen molar-refractivity contribution in [3.05, 3.63) is 34.2 Å². The summed E-state index contributed by atoms with van der Waals surface area (Å²) in [6.07, 6.45) is 1.66. The third-order valence-electron chi connectivity index (χ3n) is 1.81. The normalized spacial score (nSPS) is 10.5. The Labute approximate surface area is 73.9 Å². The number of aryl methyl sites for hydroxylation is 1. The van der Waals surface area contributed by atoms with E-state index in [2.05, 4.69) is 9.97 Å². The molecule has 0 amide bonds. The number of aromatic amines is 1. The van der Waals surface area contributed by atoms with Crippen LogP contribution >= 0.6 is 0 Å². The zero-order valence-corrected chi connectivity index (χ0v) is 7.03. The van der Waals surface area contributed by atoms with Crippen molar-refractivity contribution in [2.24, 2.45) is 0 Å². The Morgan fingerprint density at radius 2 is 2.23 bits per heavy atom. The Morgan fingerprint density at radius 3 is 3.00 bits per heavy atom. The van der Waals surface area contributed by atoms with E-state index < -0.39 is 5.56 Å². The number of aromatic nitrogens is 2. The van der Waals surface area contributed by atoms with E-state index in [0.29, 0.717) is 5.65 Å². The second-order valence-electron chi connectivity index (χ2n) is 2.93. The Balaban J connectivity index is 2.89. The van der Waals surface area contributed by atoms with E-state index in [4.69, 9.17) is 5.11 Å². The van der Waals surface area contributed by atoms with Crippen molar-refractivity contribution in [1.82, 2.24) is 9.97 Å². The van der Waals surface area contributed by atoms with Crippen LogP contribution in [0, 0.1) is 6.92 Å². The number of rotatable bonds is 0. The Morgan fingerprint density at radius 1 is 1.46 bits per heavy atom. The average molecular weight is 176 g/mol. The van der Waals surface area contributed by atoms with Gasteiger partial charge in [0.25, 0.3) is 5.56 Å². The van der Waals surface area contributed by atoms with Crippen LogP contribution in [0.5, 0.6) is 5.75 Å². The minimum Gasteiger partial charge on any atom is -0.503 e. The number of hydrogen-bond donors (Lipinski definition) is 2. The first kappa shape index (κ1) is 7.79. The standard InChI is InChI=1S/C9H8N2O2/c1-5-2-6-3-7(12)9(13)11-8(6)10-4-5/h2-4,12H,1H3,(H,10,11,13). The van der Waals surface area contributed by atoms with Crippen LogP contribution < -0.4 is 5.56 Å². The average Bonchev–Trinajstić information content (AvgIpc) is 2.08. The van der Waals surface area contributed by atoms with Crippen molar-refractivity contribution in [1.29, 1.82) is 0 Å². The molecule has 2 heterocycles. The molecular weight excluding hydrogens is 168 g/mol. The van der Waals surface area contributed by atoms with Crippen molar-refractivity contribution in [3.63, 3.8) is 0 Å². The fourth-order valence-electron chi connectivity index (χ4n) is 1.19. The summed E-state index contributed by atoms with van der Waals surface area (Å²) in [4.78, 5) is 17.5. The fourth-order valence-corrected chi connectivity index (χ4v) is 1.19. The molecule has 0 unspecified atom stereocenters. The van der Waals surface area contributed by atoms with E-state index in [1.165, 1.54) is 6.07 Å². The first-order valence-corrected chi connectivity index (χ1v) is 3.85. The summed E-state index contributed by atoms with van der Waals surface area (Å²) >= 11 is 0. The van der Waals surface area contributed by atoms with Crippen LogP contribution in [0.1, 0.15) is 5.56 Å². The van der Waals surface area contributed by atoms with Gasteiger partial charge in [0, 0.05) is 11.6 Å². The van der Waals surface area contributed by atoms with Crippen molar-refractivity contribution in [2.45, 2.75) is 6.92 Å². The first-order valence-electron chi connectivity index (χ1n) is 3.85. The summed E-state index contributed by atoms with van der Waals surface area (Å²) in [7, 11) is 0. The molecule has 2 N–H and O–H groups in total. The number of pyridine rings is 2. The second-order valence-corrected chi connectivity index (χ2v) is 2.93. The predicted octanol–water partition coefficient (Wildman–Crippen LogP) is 0.937. The number of nitrogens with zero attached hydrogens (tertiary/aromatic N) is 1. The Kier molecular flexibility index (Phi) is 1.55. The van der Waals surface area contributed by atoms with Gasteiger partial charge in [-0.25, -0.2) is 4.98 Å². The van der Waals surface area contributed by atoms with Crippen LogP contribution in [0.2, 0.25) is 0 Å². The molecule has 0 saturated heterocycles. The number of hydrogen-bond acceptors (Lipinski definition) is 3. The van der Waals surface area contributed by atoms with Crippen LogP contribution in [0.4, 0.5) is 0 Å². The van der Waals surface area contributed by atoms with Crippen molar-refractivity contribution >= 4 is 11.0 Å². The molecule has 0 fully saturated rings. The molecule has 0 radical (unpaired) electrons. The third kappa shape index (κ3) is 1.26. The van der Waals surface area contributed by atoms with Gasteiger partial charge in [0.2, 0.25) is 0 Å². The van der Waals surface area contributed by atoms with Gasteiger partial charge >= 0.3 is 0 Å². The lowest BCUT2D eigenvalue weighted by Gasteiger charge is -1.98. The molecule has 2 aromatic heterocycles. The smallest absolute Gasteiger partial charge is 0.291 e. The van der Waals surface area contributed by atoms with E-state index in [9.17, 15) is 4.79 Å². The summed E-state index contributed by atoms with van der Waals surface area (Å²) in [5.41, 5.74) is 0.969. The summed E-state index contributed by atoms with van der Waals surface area (Å²) in [5, 5.41) is 9.87. The van der Waals surface area contributed by atoms with Crippen LogP contribution in [-0.2, 0) is 0 Å². The zero-order chi connectivity index (χ0) is 9.42. The van der Waals surface area contributed by atoms with E-state index in [-0.39, 0.29) is 5.75 Å². The lowest BCUT2D eigenvalue weighted by molar-refractivity contribution is 0.468. The van der Waals surface area contributed by atoms with Gasteiger partial charge in [-0.3, -0.25) is 4.79 Å². The first-order chi connectivity index (χ1) is 6.16. The maximum Gasteiger partial charge on any atom is 0.291 e. The van der Waals surface area contributed by atoms with Gasteiger partial charge in [-0.05, 0) is 24.6 Å². The van der Waals surface area contributed by atoms with Gasteiger partial charge in [-0.1, -0.05) is 0 Å². The molecule has 0 aliphatic carbocycles. The van der Waals surface area contributed by atoms with E-state index >= 15 is 0 Å². The lowest BCUT2D eigenvalue weighted by atomic mass is 10.2. The molecule has 66 valence electrons. The van der Waals surface area contributed by atoms with Gasteiger partial charge in [-0.15, -0.1) is 0 Å². The molecule has 13 heavy (non-hydrogen) atoms. The third-order valence-corrected chi connectivity index (χ3v) is 1.81. The molecule has 0 aromatic carbocycles. The molecule has 0 aliphatic rings. The van der Waals surface area contributed by atoms with Crippen LogP contribution in [0.3, 0.4) is 0 Å². The topological polar surface area (TPSA) is 66.0 Å². The minimum absolute atomic E-state index is 0.278. The number of nitrogens with one attached hydrogen (secondary N) is 1. The molecule has 0 atom stereocenters. The zero-order valence-electron chi connectivity index (χ0n) is 7.03. The maximum absolute atomic E-state index is 11.0. The maximum atomic E-state index is 11.0. The number of H-pyrrole nitrogens is 1. The second kappa shape index (κ2) is 2.58. The number of aromatic hydroxyl groups is 1. The van der Waals surface area contributed by atoms with Crippen molar-refractivity contribution < 1.29 is 5.11 Å². The molecule has 2 rings (SSSR count). The van der Waals surface area contributed by atoms with Gasteiger partial charge in [-0.2, -0.15) is 0 Å². The van der Waals surface area contributed by atoms with Crippen LogP contribution in [-0.4, -0.2) is 15.1 Å². The van der Waals surface area contributed by atoms with Gasteiger partial charge in [0.05, 0.1) is 0 Å². The molecule has 0 spiro atoms. The van der Waals surface area contributed by atoms with Crippen LogP contribution in [0.15, 0.2) is 23.1 Å². The minimum atomic E-state index is -0.510. The molecule has 0 aliphatic heterocycles. The molecular formula is C9H8N2O2. The van der Waals surface area contributed by atoms with E-state index in [1.54, 1.807) is 6.20 Å². The monoisotopic (exact) mass is 176 g/mol. The summed E-state index contributed by atoms with van der Waals surface area (Å²) in [6.45, 7) is 1.90. The van der Waals surface area contributed by atoms with Crippen molar-refractivity contribution in [3.8, 4) is 5.75 Å². The SMILES string of the molecule is Cc1cnc2[nH]c(=O)c(O)cc2c1. The highest BCUT2D eigenvalue weighted by Crippen LogP contribution is 2.12. The largest absolute Gasteiger partial charge is 0.503 e. The highest BCUT2D eigenvalue weighted by Gasteiger charge is 2.00. The Bertz CT molecular complexity index is 516. The van der Waals surface area contributed by atoms with Crippen LogP contribution in [0.25, 0.3) is 11.0 Å². The highest BCUT2D eigenvalue weighted by atomic mass is 16.3. The highest BCUT2D eigenvalue weighted by molar-refractivity contribution is 5.76. The summed E-state index contributed by atoms with van der Waals surface area (Å²) in [5.74, 6) is -0.278. The predicted molar refractivity (Wildman–Crippen MR) is 48.8 cm³/mol. The van der Waals surface area contributed by atoms with Gasteiger partial charge < -0.3 is 10.1 Å². The molecule has 0 bridgehead atoms. The molecule has 4 nitrogen and oxygen atoms in total. The summed E-state index contributed by atoms with van der Waals surface area (Å²) < 4.78 is 0.